The van der Waals surface area contributed by atoms with Gasteiger partial charge in [-0.15, -0.1) is 0 Å². The van der Waals surface area contributed by atoms with Gasteiger partial charge in [-0.1, -0.05) is 30.4 Å². The Balaban J connectivity index is 2.04. The molecule has 0 aliphatic heterocycles. The molecule has 0 saturated carbocycles. The van der Waals surface area contributed by atoms with E-state index in [1.54, 1.807) is 24.3 Å². The first-order valence-corrected chi connectivity index (χ1v) is 6.00. The zero-order valence-corrected chi connectivity index (χ0v) is 10.5. The molecule has 0 aromatic heterocycles. The number of hydrogen-bond acceptors (Lipinski definition) is 4. The molecular formula is C14H18O4. The van der Waals surface area contributed by atoms with Crippen LogP contribution in [0.5, 0.6) is 5.75 Å². The van der Waals surface area contributed by atoms with Crippen LogP contribution in [0.3, 0.4) is 0 Å². The lowest BCUT2D eigenvalue weighted by Gasteiger charge is -2.04. The molecule has 98 valence electrons. The average Bonchev–Trinajstić information content (AvgIpc) is 2.39. The minimum atomic E-state index is -0.852. The van der Waals surface area contributed by atoms with Crippen molar-refractivity contribution in [1.29, 1.82) is 0 Å². The molecular weight excluding hydrogens is 232 g/mol. The molecule has 0 bridgehead atoms. The van der Waals surface area contributed by atoms with Gasteiger partial charge in [0.15, 0.2) is 0 Å². The number of ether oxygens (including phenoxy) is 1. The van der Waals surface area contributed by atoms with E-state index in [-0.39, 0.29) is 0 Å². The van der Waals surface area contributed by atoms with Gasteiger partial charge >= 0.3 is 6.16 Å². The SMILES string of the molecule is C/C=C/CCCCOOC(=O)Oc1ccccc1. The fourth-order valence-electron chi connectivity index (χ4n) is 1.28. The quantitative estimate of drug-likeness (QED) is 0.184. The molecule has 0 saturated heterocycles. The number of hydrogen-bond donors (Lipinski definition) is 0. The lowest BCUT2D eigenvalue weighted by atomic mass is 10.2. The van der Waals surface area contributed by atoms with E-state index in [4.69, 9.17) is 9.62 Å². The Kier molecular flexibility index (Phi) is 7.32. The van der Waals surface area contributed by atoms with Crippen LogP contribution in [0, 0.1) is 0 Å². The van der Waals surface area contributed by atoms with Crippen LogP contribution < -0.4 is 4.74 Å². The molecule has 0 heterocycles. The summed E-state index contributed by atoms with van der Waals surface area (Å²) in [6.07, 6.45) is 6.09. The Labute approximate surface area is 107 Å². The minimum absolute atomic E-state index is 0.376. The number of benzene rings is 1. The van der Waals surface area contributed by atoms with E-state index in [9.17, 15) is 4.79 Å². The van der Waals surface area contributed by atoms with E-state index in [0.29, 0.717) is 12.4 Å². The van der Waals surface area contributed by atoms with Crippen LogP contribution in [0.2, 0.25) is 0 Å². The van der Waals surface area contributed by atoms with Crippen LogP contribution in [0.4, 0.5) is 4.79 Å². The van der Waals surface area contributed by atoms with E-state index in [2.05, 4.69) is 11.0 Å². The van der Waals surface area contributed by atoms with E-state index in [1.165, 1.54) is 0 Å². The summed E-state index contributed by atoms with van der Waals surface area (Å²) in [4.78, 5) is 20.4. The second-order valence-corrected chi connectivity index (χ2v) is 3.64. The van der Waals surface area contributed by atoms with Gasteiger partial charge in [0, 0.05) is 0 Å². The highest BCUT2D eigenvalue weighted by atomic mass is 17.2. The lowest BCUT2D eigenvalue weighted by molar-refractivity contribution is -0.249. The normalized spacial score (nSPS) is 10.5. The number of allylic oxidation sites excluding steroid dienone is 2. The minimum Gasteiger partial charge on any atom is -0.393 e. The number of rotatable bonds is 7. The van der Waals surface area contributed by atoms with Gasteiger partial charge in [0.1, 0.15) is 5.75 Å². The van der Waals surface area contributed by atoms with Crippen molar-refractivity contribution < 1.29 is 19.3 Å². The van der Waals surface area contributed by atoms with Crippen LogP contribution in [0.25, 0.3) is 0 Å². The van der Waals surface area contributed by atoms with Crippen molar-refractivity contribution in [2.24, 2.45) is 0 Å². The Morgan fingerprint density at radius 1 is 1.22 bits per heavy atom. The number of carbonyl (C=O) groups excluding carboxylic acids is 1. The molecule has 0 aliphatic rings. The fraction of sp³-hybridized carbons (Fsp3) is 0.357. The van der Waals surface area contributed by atoms with Crippen LogP contribution in [-0.2, 0) is 9.78 Å². The highest BCUT2D eigenvalue weighted by molar-refractivity contribution is 5.62. The molecule has 4 nitrogen and oxygen atoms in total. The van der Waals surface area contributed by atoms with Gasteiger partial charge in [0.05, 0.1) is 6.61 Å². The van der Waals surface area contributed by atoms with Crippen molar-refractivity contribution in [2.45, 2.75) is 26.2 Å². The molecule has 0 radical (unpaired) electrons. The monoisotopic (exact) mass is 250 g/mol. The van der Waals surface area contributed by atoms with Crippen LogP contribution in [0.1, 0.15) is 26.2 Å². The average molecular weight is 250 g/mol. The molecule has 0 amide bonds. The molecule has 0 aliphatic carbocycles. The maximum absolute atomic E-state index is 11.2. The van der Waals surface area contributed by atoms with Gasteiger partial charge in [-0.05, 0) is 38.3 Å². The topological polar surface area (TPSA) is 44.8 Å². The predicted molar refractivity (Wildman–Crippen MR) is 68.2 cm³/mol. The van der Waals surface area contributed by atoms with Crippen LogP contribution in [0.15, 0.2) is 42.5 Å². The molecule has 0 atom stereocenters. The smallest absolute Gasteiger partial charge is 0.393 e. The van der Waals surface area contributed by atoms with Crippen molar-refractivity contribution in [3.63, 3.8) is 0 Å². The van der Waals surface area contributed by atoms with E-state index in [0.717, 1.165) is 19.3 Å². The molecule has 0 fully saturated rings. The second-order valence-electron chi connectivity index (χ2n) is 3.64. The highest BCUT2D eigenvalue weighted by Crippen LogP contribution is 2.09. The Morgan fingerprint density at radius 2 is 2.00 bits per heavy atom. The fourth-order valence-corrected chi connectivity index (χ4v) is 1.28. The summed E-state index contributed by atoms with van der Waals surface area (Å²) in [5, 5.41) is 0. The second kappa shape index (κ2) is 9.24. The number of unbranched alkanes of at least 4 members (excludes halogenated alkanes) is 2. The molecule has 4 heteroatoms. The molecule has 1 rings (SSSR count). The Bertz CT molecular complexity index is 359. The Morgan fingerprint density at radius 3 is 2.72 bits per heavy atom. The number of para-hydroxylation sites is 1. The lowest BCUT2D eigenvalue weighted by Crippen LogP contribution is -2.11. The van der Waals surface area contributed by atoms with Gasteiger partial charge in [0.25, 0.3) is 0 Å². The summed E-state index contributed by atoms with van der Waals surface area (Å²) in [6, 6.07) is 8.70. The zero-order chi connectivity index (χ0) is 13.1. The van der Waals surface area contributed by atoms with Gasteiger partial charge in [-0.25, -0.2) is 4.79 Å². The third kappa shape index (κ3) is 6.70. The first-order chi connectivity index (χ1) is 8.83. The van der Waals surface area contributed by atoms with Gasteiger partial charge in [-0.2, -0.15) is 4.89 Å². The maximum atomic E-state index is 11.2. The standard InChI is InChI=1S/C14H18O4/c1-2-3-4-5-9-12-16-18-14(15)17-13-10-7-6-8-11-13/h2-3,6-8,10-11H,4-5,9,12H2,1H3/b3-2+. The van der Waals surface area contributed by atoms with E-state index < -0.39 is 6.16 Å². The predicted octanol–water partition coefficient (Wildman–Crippen LogP) is 3.88. The molecule has 18 heavy (non-hydrogen) atoms. The summed E-state index contributed by atoms with van der Waals surface area (Å²) >= 11 is 0. The van der Waals surface area contributed by atoms with Gasteiger partial charge < -0.3 is 4.74 Å². The van der Waals surface area contributed by atoms with Crippen molar-refractivity contribution in [2.75, 3.05) is 6.61 Å². The van der Waals surface area contributed by atoms with Gasteiger partial charge in [0.2, 0.25) is 0 Å². The highest BCUT2D eigenvalue weighted by Gasteiger charge is 2.06. The third-order valence-corrected chi connectivity index (χ3v) is 2.16. The summed E-state index contributed by atoms with van der Waals surface area (Å²) in [5.41, 5.74) is 0. The van der Waals surface area contributed by atoms with Crippen molar-refractivity contribution in [1.82, 2.24) is 0 Å². The molecule has 0 spiro atoms. The Hall–Kier alpha value is -1.81. The number of carbonyl (C=O) groups is 1. The van der Waals surface area contributed by atoms with Crippen LogP contribution in [-0.4, -0.2) is 12.8 Å². The van der Waals surface area contributed by atoms with Crippen molar-refractivity contribution in [3.8, 4) is 5.75 Å². The summed E-state index contributed by atoms with van der Waals surface area (Å²) in [7, 11) is 0. The largest absolute Gasteiger partial charge is 0.546 e. The van der Waals surface area contributed by atoms with Crippen LogP contribution >= 0.6 is 0 Å². The zero-order valence-electron chi connectivity index (χ0n) is 10.5. The summed E-state index contributed by atoms with van der Waals surface area (Å²) in [6.45, 7) is 2.36. The summed E-state index contributed by atoms with van der Waals surface area (Å²) < 4.78 is 4.86. The molecule has 0 unspecified atom stereocenters. The third-order valence-electron chi connectivity index (χ3n) is 2.16. The van der Waals surface area contributed by atoms with Crippen molar-refractivity contribution in [3.05, 3.63) is 42.5 Å². The van der Waals surface area contributed by atoms with E-state index >= 15 is 0 Å². The van der Waals surface area contributed by atoms with E-state index in [1.807, 2.05) is 19.1 Å². The first kappa shape index (κ1) is 14.3. The first-order valence-electron chi connectivity index (χ1n) is 6.00. The molecule has 0 N–H and O–H groups in total. The maximum Gasteiger partial charge on any atom is 0.546 e. The molecule has 1 aromatic carbocycles. The summed E-state index contributed by atoms with van der Waals surface area (Å²) in [5.74, 6) is 0.430. The van der Waals surface area contributed by atoms with Gasteiger partial charge in [-0.3, -0.25) is 4.89 Å². The van der Waals surface area contributed by atoms with Crippen molar-refractivity contribution >= 4 is 6.16 Å². The molecule has 1 aromatic rings.